The molecule has 1 aromatic carbocycles. The number of carbonyl (C=O) groups excluding carboxylic acids is 2. The van der Waals surface area contributed by atoms with Crippen LogP contribution in [-0.2, 0) is 6.18 Å². The SMILES string of the molecule is C[C@H](NC(=O)c1cc(C(F)(F)F)cc2c(C3CC3)n[nH]c12)c1ncnn1-c1cc(C(N)=O)ncn1. The molecule has 2 amide bonds. The monoisotopic (exact) mass is 485 g/mol. The third kappa shape index (κ3) is 4.18. The topological polar surface area (TPSA) is 157 Å². The Morgan fingerprint density at radius 3 is 2.63 bits per heavy atom. The van der Waals surface area contributed by atoms with Gasteiger partial charge < -0.3 is 11.1 Å². The van der Waals surface area contributed by atoms with E-state index in [2.05, 4.69) is 35.6 Å². The van der Waals surface area contributed by atoms with Crippen LogP contribution in [0.15, 0.2) is 30.9 Å². The van der Waals surface area contributed by atoms with Crippen LogP contribution in [0, 0.1) is 0 Å². The highest BCUT2D eigenvalue weighted by atomic mass is 19.4. The summed E-state index contributed by atoms with van der Waals surface area (Å²) in [6.45, 7) is 1.59. The molecule has 0 radical (unpaired) electrons. The number of halogens is 3. The van der Waals surface area contributed by atoms with E-state index in [1.807, 2.05) is 0 Å². The molecule has 11 nitrogen and oxygen atoms in total. The summed E-state index contributed by atoms with van der Waals surface area (Å²) < 4.78 is 42.1. The predicted octanol–water partition coefficient (Wildman–Crippen LogP) is 2.42. The first-order valence-electron chi connectivity index (χ1n) is 10.6. The number of nitrogens with two attached hydrogens (primary N) is 1. The van der Waals surface area contributed by atoms with Crippen LogP contribution in [0.25, 0.3) is 16.7 Å². The van der Waals surface area contributed by atoms with Crippen LogP contribution < -0.4 is 11.1 Å². The van der Waals surface area contributed by atoms with Crippen molar-refractivity contribution < 1.29 is 22.8 Å². The van der Waals surface area contributed by atoms with E-state index in [9.17, 15) is 22.8 Å². The Morgan fingerprint density at radius 1 is 1.17 bits per heavy atom. The number of hydrogen-bond acceptors (Lipinski definition) is 7. The molecule has 3 heterocycles. The molecule has 0 bridgehead atoms. The first-order chi connectivity index (χ1) is 16.6. The molecule has 1 fully saturated rings. The summed E-state index contributed by atoms with van der Waals surface area (Å²) in [6, 6.07) is 2.32. The highest BCUT2D eigenvalue weighted by Crippen LogP contribution is 2.43. The number of H-pyrrole nitrogens is 1. The maximum atomic E-state index is 13.6. The Balaban J connectivity index is 1.48. The summed E-state index contributed by atoms with van der Waals surface area (Å²) in [5, 5.41) is 13.9. The average Bonchev–Trinajstić information content (AvgIpc) is 3.37. The van der Waals surface area contributed by atoms with Gasteiger partial charge >= 0.3 is 6.18 Å². The normalized spacial score (nSPS) is 14.7. The lowest BCUT2D eigenvalue weighted by Crippen LogP contribution is -2.29. The number of alkyl halides is 3. The highest BCUT2D eigenvalue weighted by Gasteiger charge is 2.35. The largest absolute Gasteiger partial charge is 0.416 e. The molecule has 1 atom stereocenters. The minimum Gasteiger partial charge on any atom is -0.364 e. The van der Waals surface area contributed by atoms with Crippen molar-refractivity contribution in [1.82, 2.24) is 40.2 Å². The third-order valence-electron chi connectivity index (χ3n) is 5.67. The van der Waals surface area contributed by atoms with Crippen LogP contribution in [-0.4, -0.2) is 46.7 Å². The molecule has 0 aliphatic heterocycles. The van der Waals surface area contributed by atoms with Crippen LogP contribution in [0.2, 0.25) is 0 Å². The van der Waals surface area contributed by atoms with E-state index in [1.165, 1.54) is 17.1 Å². The fourth-order valence-corrected chi connectivity index (χ4v) is 3.81. The van der Waals surface area contributed by atoms with Crippen molar-refractivity contribution in [2.24, 2.45) is 5.73 Å². The number of carbonyl (C=O) groups is 2. The van der Waals surface area contributed by atoms with Gasteiger partial charge in [-0.25, -0.2) is 15.0 Å². The van der Waals surface area contributed by atoms with Gasteiger partial charge in [-0.1, -0.05) is 0 Å². The molecule has 0 spiro atoms. The molecule has 1 saturated carbocycles. The van der Waals surface area contributed by atoms with Crippen molar-refractivity contribution in [1.29, 1.82) is 0 Å². The predicted molar refractivity (Wildman–Crippen MR) is 114 cm³/mol. The Hall–Kier alpha value is -4.36. The van der Waals surface area contributed by atoms with E-state index >= 15 is 0 Å². The number of nitrogens with zero attached hydrogens (tertiary/aromatic N) is 6. The standard InChI is InChI=1S/C21H18F3N9O2/c1-9(19-28-8-29-33(19)15-6-14(18(25)34)26-7-27-15)30-20(35)13-5-11(21(22,23)24)4-12-16(10-2-3-10)31-32-17(12)13/h4-10H,2-3H2,1H3,(H2,25,34)(H,30,35)(H,31,32)/t9-/m0/s1. The van der Waals surface area contributed by atoms with Gasteiger partial charge in [0, 0.05) is 17.4 Å². The van der Waals surface area contributed by atoms with E-state index in [0.29, 0.717) is 5.69 Å². The number of primary amides is 1. The molecular weight excluding hydrogens is 467 g/mol. The van der Waals surface area contributed by atoms with Gasteiger partial charge in [-0.05, 0) is 31.9 Å². The number of hydrogen-bond donors (Lipinski definition) is 3. The first-order valence-corrected chi connectivity index (χ1v) is 10.6. The Bertz CT molecular complexity index is 1460. The average molecular weight is 485 g/mol. The fraction of sp³-hybridized carbons (Fsp3) is 0.286. The first kappa shape index (κ1) is 22.4. The molecule has 14 heteroatoms. The molecule has 1 aliphatic rings. The molecule has 0 saturated heterocycles. The van der Waals surface area contributed by atoms with E-state index < -0.39 is 29.6 Å². The highest BCUT2D eigenvalue weighted by molar-refractivity contribution is 6.06. The lowest BCUT2D eigenvalue weighted by atomic mass is 10.0. The Morgan fingerprint density at radius 2 is 1.94 bits per heavy atom. The van der Waals surface area contributed by atoms with E-state index in [-0.39, 0.29) is 39.7 Å². The smallest absolute Gasteiger partial charge is 0.364 e. The minimum absolute atomic E-state index is 0.0507. The summed E-state index contributed by atoms with van der Waals surface area (Å²) >= 11 is 0. The van der Waals surface area contributed by atoms with Gasteiger partial charge in [0.05, 0.1) is 28.4 Å². The van der Waals surface area contributed by atoms with E-state index in [4.69, 9.17) is 5.73 Å². The Labute approximate surface area is 195 Å². The maximum absolute atomic E-state index is 13.6. The van der Waals surface area contributed by atoms with Crippen molar-refractivity contribution in [2.45, 2.75) is 37.9 Å². The number of nitrogens with one attached hydrogen (secondary N) is 2. The van der Waals surface area contributed by atoms with Crippen LogP contribution in [0.5, 0.6) is 0 Å². The zero-order chi connectivity index (χ0) is 24.9. The molecular formula is C21H18F3N9O2. The Kier molecular flexibility index (Phi) is 5.22. The molecule has 1 aliphatic carbocycles. The summed E-state index contributed by atoms with van der Waals surface area (Å²) in [5.41, 5.74) is 4.84. The summed E-state index contributed by atoms with van der Waals surface area (Å²) in [4.78, 5) is 36.5. The van der Waals surface area contributed by atoms with Crippen molar-refractivity contribution >= 4 is 22.7 Å². The van der Waals surface area contributed by atoms with Gasteiger partial charge in [-0.15, -0.1) is 0 Å². The number of aromatic nitrogens is 7. The quantitative estimate of drug-likeness (QED) is 0.378. The summed E-state index contributed by atoms with van der Waals surface area (Å²) in [6.07, 6.45) is -0.628. The number of benzene rings is 1. The number of fused-ring (bicyclic) bond motifs is 1. The van der Waals surface area contributed by atoms with Crippen molar-refractivity contribution in [3.63, 3.8) is 0 Å². The second-order valence-corrected chi connectivity index (χ2v) is 8.18. The maximum Gasteiger partial charge on any atom is 0.416 e. The number of rotatable bonds is 6. The zero-order valence-corrected chi connectivity index (χ0v) is 18.2. The van der Waals surface area contributed by atoms with Gasteiger partial charge in [-0.3, -0.25) is 14.7 Å². The van der Waals surface area contributed by atoms with Crippen LogP contribution in [0.3, 0.4) is 0 Å². The molecule has 3 aromatic heterocycles. The van der Waals surface area contributed by atoms with E-state index in [0.717, 1.165) is 31.3 Å². The van der Waals surface area contributed by atoms with E-state index in [1.54, 1.807) is 6.92 Å². The van der Waals surface area contributed by atoms with Gasteiger partial charge in [0.25, 0.3) is 11.8 Å². The molecule has 35 heavy (non-hydrogen) atoms. The van der Waals surface area contributed by atoms with Gasteiger partial charge in [0.2, 0.25) is 0 Å². The second kappa shape index (κ2) is 8.14. The molecule has 4 aromatic rings. The summed E-state index contributed by atoms with van der Waals surface area (Å²) in [5.74, 6) is -1.05. The van der Waals surface area contributed by atoms with Crippen molar-refractivity contribution in [2.75, 3.05) is 0 Å². The third-order valence-corrected chi connectivity index (χ3v) is 5.67. The van der Waals surface area contributed by atoms with Gasteiger partial charge in [0.15, 0.2) is 11.6 Å². The number of amides is 2. The van der Waals surface area contributed by atoms with Crippen LogP contribution in [0.1, 0.15) is 69.7 Å². The summed E-state index contributed by atoms with van der Waals surface area (Å²) in [7, 11) is 0. The number of aromatic amines is 1. The van der Waals surface area contributed by atoms with Gasteiger partial charge in [0.1, 0.15) is 18.3 Å². The van der Waals surface area contributed by atoms with Crippen molar-refractivity contribution in [3.8, 4) is 5.82 Å². The lowest BCUT2D eigenvalue weighted by Gasteiger charge is -2.16. The second-order valence-electron chi connectivity index (χ2n) is 8.18. The molecule has 0 unspecified atom stereocenters. The van der Waals surface area contributed by atoms with Crippen molar-refractivity contribution in [3.05, 3.63) is 59.2 Å². The lowest BCUT2D eigenvalue weighted by molar-refractivity contribution is -0.137. The van der Waals surface area contributed by atoms with Crippen LogP contribution >= 0.6 is 0 Å². The van der Waals surface area contributed by atoms with Gasteiger partial charge in [-0.2, -0.15) is 28.1 Å². The minimum atomic E-state index is -4.64. The zero-order valence-electron chi connectivity index (χ0n) is 18.2. The van der Waals surface area contributed by atoms with Crippen LogP contribution in [0.4, 0.5) is 13.2 Å². The fourth-order valence-electron chi connectivity index (χ4n) is 3.81. The molecule has 4 N–H and O–H groups in total. The molecule has 5 rings (SSSR count). The molecule has 180 valence electrons.